The van der Waals surface area contributed by atoms with Crippen LogP contribution < -0.4 is 10.5 Å². The van der Waals surface area contributed by atoms with Crippen molar-refractivity contribution in [1.29, 1.82) is 0 Å². The van der Waals surface area contributed by atoms with Crippen LogP contribution in [0.2, 0.25) is 0 Å². The Morgan fingerprint density at radius 1 is 1.05 bits per heavy atom. The lowest BCUT2D eigenvalue weighted by Crippen LogP contribution is -2.04. The van der Waals surface area contributed by atoms with Gasteiger partial charge in [-0.15, -0.1) is 5.10 Å². The Balaban J connectivity index is 1.75. The Kier molecular flexibility index (Phi) is 3.66. The molecule has 0 aliphatic carbocycles. The van der Waals surface area contributed by atoms with Crippen molar-refractivity contribution in [3.8, 4) is 17.4 Å². The highest BCUT2D eigenvalue weighted by molar-refractivity contribution is 5.32. The van der Waals surface area contributed by atoms with Gasteiger partial charge in [0.05, 0.1) is 5.69 Å². The second-order valence-electron chi connectivity index (χ2n) is 4.77. The van der Waals surface area contributed by atoms with Crippen LogP contribution in [0.5, 0.6) is 11.8 Å². The van der Waals surface area contributed by atoms with Crippen molar-refractivity contribution < 1.29 is 4.74 Å². The summed E-state index contributed by atoms with van der Waals surface area (Å²) in [6.45, 7) is 1.94. The molecule has 1 atom stereocenters. The lowest BCUT2D eigenvalue weighted by atomic mass is 10.1. The largest absolute Gasteiger partial charge is 0.423 e. The molecule has 2 aromatic carbocycles. The van der Waals surface area contributed by atoms with Gasteiger partial charge in [0.1, 0.15) is 12.1 Å². The molecular weight excluding hydrogens is 264 g/mol. The zero-order chi connectivity index (χ0) is 14.7. The second kappa shape index (κ2) is 5.76. The maximum atomic E-state index is 5.82. The van der Waals surface area contributed by atoms with Crippen LogP contribution in [-0.2, 0) is 0 Å². The van der Waals surface area contributed by atoms with Crippen molar-refractivity contribution >= 4 is 0 Å². The summed E-state index contributed by atoms with van der Waals surface area (Å²) in [4.78, 5) is 4.15. The fourth-order valence-corrected chi connectivity index (χ4v) is 1.94. The molecule has 0 amide bonds. The number of aromatic nitrogens is 3. The van der Waals surface area contributed by atoms with Gasteiger partial charge >= 0.3 is 6.01 Å². The first kappa shape index (κ1) is 13.3. The molecule has 0 fully saturated rings. The van der Waals surface area contributed by atoms with E-state index in [2.05, 4.69) is 10.1 Å². The van der Waals surface area contributed by atoms with E-state index in [0.29, 0.717) is 11.8 Å². The number of para-hydroxylation sites is 1. The van der Waals surface area contributed by atoms with Gasteiger partial charge in [0.25, 0.3) is 0 Å². The predicted octanol–water partition coefficient (Wildman–Crippen LogP) is 3.08. The molecule has 0 aliphatic heterocycles. The van der Waals surface area contributed by atoms with Crippen LogP contribution in [0.25, 0.3) is 5.69 Å². The number of hydrogen-bond acceptors (Lipinski definition) is 4. The van der Waals surface area contributed by atoms with Gasteiger partial charge in [0.15, 0.2) is 0 Å². The summed E-state index contributed by atoms with van der Waals surface area (Å²) >= 11 is 0. The molecule has 0 unspecified atom stereocenters. The number of hydrogen-bond donors (Lipinski definition) is 1. The first-order valence-electron chi connectivity index (χ1n) is 6.73. The van der Waals surface area contributed by atoms with Crippen molar-refractivity contribution in [2.24, 2.45) is 5.73 Å². The van der Waals surface area contributed by atoms with E-state index in [0.717, 1.165) is 11.3 Å². The van der Waals surface area contributed by atoms with E-state index in [4.69, 9.17) is 10.5 Å². The summed E-state index contributed by atoms with van der Waals surface area (Å²) in [7, 11) is 0. The normalized spacial score (nSPS) is 12.1. The SMILES string of the molecule is C[C@@H](N)c1ccc(Oc2ncn(-c3ccccc3)n2)cc1. The molecule has 1 heterocycles. The molecule has 5 heteroatoms. The Labute approximate surface area is 123 Å². The summed E-state index contributed by atoms with van der Waals surface area (Å²) in [6, 6.07) is 17.7. The van der Waals surface area contributed by atoms with E-state index < -0.39 is 0 Å². The minimum absolute atomic E-state index is 0.00876. The van der Waals surface area contributed by atoms with Gasteiger partial charge in [-0.25, -0.2) is 4.68 Å². The van der Waals surface area contributed by atoms with Crippen LogP contribution in [0.15, 0.2) is 60.9 Å². The maximum Gasteiger partial charge on any atom is 0.341 e. The van der Waals surface area contributed by atoms with E-state index in [1.165, 1.54) is 0 Å². The molecule has 5 nitrogen and oxygen atoms in total. The minimum Gasteiger partial charge on any atom is -0.423 e. The zero-order valence-electron chi connectivity index (χ0n) is 11.7. The smallest absolute Gasteiger partial charge is 0.341 e. The summed E-state index contributed by atoms with van der Waals surface area (Å²) in [5.41, 5.74) is 7.81. The highest BCUT2D eigenvalue weighted by Gasteiger charge is 2.06. The summed E-state index contributed by atoms with van der Waals surface area (Å²) in [6.07, 6.45) is 1.63. The monoisotopic (exact) mass is 280 g/mol. The fourth-order valence-electron chi connectivity index (χ4n) is 1.94. The molecule has 3 rings (SSSR count). The average molecular weight is 280 g/mol. The van der Waals surface area contributed by atoms with Gasteiger partial charge in [-0.3, -0.25) is 0 Å². The average Bonchev–Trinajstić information content (AvgIpc) is 2.97. The van der Waals surface area contributed by atoms with Gasteiger partial charge in [-0.1, -0.05) is 30.3 Å². The lowest BCUT2D eigenvalue weighted by molar-refractivity contribution is 0.441. The van der Waals surface area contributed by atoms with Crippen molar-refractivity contribution in [3.63, 3.8) is 0 Å². The van der Waals surface area contributed by atoms with Crippen molar-refractivity contribution in [1.82, 2.24) is 14.8 Å². The Bertz CT molecular complexity index is 705. The fraction of sp³-hybridized carbons (Fsp3) is 0.125. The molecule has 1 aromatic heterocycles. The second-order valence-corrected chi connectivity index (χ2v) is 4.77. The van der Waals surface area contributed by atoms with Crippen molar-refractivity contribution in [3.05, 3.63) is 66.5 Å². The molecule has 106 valence electrons. The molecule has 0 saturated heterocycles. The van der Waals surface area contributed by atoms with Gasteiger partial charge < -0.3 is 10.5 Å². The van der Waals surface area contributed by atoms with Gasteiger partial charge in [-0.2, -0.15) is 4.98 Å². The van der Waals surface area contributed by atoms with Gasteiger partial charge in [0.2, 0.25) is 0 Å². The summed E-state index contributed by atoms with van der Waals surface area (Å²) in [5.74, 6) is 0.685. The lowest BCUT2D eigenvalue weighted by Gasteiger charge is -2.06. The third-order valence-electron chi connectivity index (χ3n) is 3.11. The topological polar surface area (TPSA) is 66.0 Å². The molecule has 3 aromatic rings. The first-order chi connectivity index (χ1) is 10.2. The van der Waals surface area contributed by atoms with E-state index in [-0.39, 0.29) is 6.04 Å². The predicted molar refractivity (Wildman–Crippen MR) is 80.5 cm³/mol. The van der Waals surface area contributed by atoms with E-state index in [1.807, 2.05) is 61.5 Å². The first-order valence-corrected chi connectivity index (χ1v) is 6.73. The standard InChI is InChI=1S/C16H16N4O/c1-12(17)13-7-9-15(10-8-13)21-16-18-11-20(19-16)14-5-3-2-4-6-14/h2-12H,17H2,1H3/t12-/m1/s1. The maximum absolute atomic E-state index is 5.82. The minimum atomic E-state index is 0.00876. The molecular formula is C16H16N4O. The number of benzene rings is 2. The third kappa shape index (κ3) is 3.09. The quantitative estimate of drug-likeness (QED) is 0.797. The summed E-state index contributed by atoms with van der Waals surface area (Å²) in [5, 5.41) is 4.29. The van der Waals surface area contributed by atoms with Crippen molar-refractivity contribution in [2.75, 3.05) is 0 Å². The highest BCUT2D eigenvalue weighted by atomic mass is 16.5. The Morgan fingerprint density at radius 2 is 1.76 bits per heavy atom. The van der Waals surface area contributed by atoms with Crippen LogP contribution in [0, 0.1) is 0 Å². The molecule has 0 saturated carbocycles. The molecule has 2 N–H and O–H groups in total. The van der Waals surface area contributed by atoms with Crippen LogP contribution >= 0.6 is 0 Å². The number of rotatable bonds is 4. The molecule has 0 radical (unpaired) electrons. The highest BCUT2D eigenvalue weighted by Crippen LogP contribution is 2.20. The Morgan fingerprint density at radius 3 is 2.43 bits per heavy atom. The summed E-state index contributed by atoms with van der Waals surface area (Å²) < 4.78 is 7.30. The van der Waals surface area contributed by atoms with Gasteiger partial charge in [-0.05, 0) is 36.8 Å². The van der Waals surface area contributed by atoms with E-state index in [9.17, 15) is 0 Å². The van der Waals surface area contributed by atoms with Crippen LogP contribution in [0.4, 0.5) is 0 Å². The van der Waals surface area contributed by atoms with Crippen LogP contribution in [0.1, 0.15) is 18.5 Å². The molecule has 0 aliphatic rings. The number of nitrogens with zero attached hydrogens (tertiary/aromatic N) is 3. The van der Waals surface area contributed by atoms with Crippen molar-refractivity contribution in [2.45, 2.75) is 13.0 Å². The molecule has 0 spiro atoms. The third-order valence-corrected chi connectivity index (χ3v) is 3.11. The zero-order valence-corrected chi connectivity index (χ0v) is 11.7. The number of ether oxygens (including phenoxy) is 1. The van der Waals surface area contributed by atoms with E-state index >= 15 is 0 Å². The number of nitrogens with two attached hydrogens (primary N) is 1. The molecule has 21 heavy (non-hydrogen) atoms. The Hall–Kier alpha value is -2.66. The van der Waals surface area contributed by atoms with Gasteiger partial charge in [0, 0.05) is 6.04 Å². The molecule has 0 bridgehead atoms. The van der Waals surface area contributed by atoms with Crippen LogP contribution in [-0.4, -0.2) is 14.8 Å². The van der Waals surface area contributed by atoms with Crippen LogP contribution in [0.3, 0.4) is 0 Å². The van der Waals surface area contributed by atoms with E-state index in [1.54, 1.807) is 11.0 Å².